The molecule has 2 rings (SSSR count). The molecule has 9 heteroatoms. The molecule has 2 aliphatic rings. The van der Waals surface area contributed by atoms with Gasteiger partial charge in [0.25, 0.3) is 0 Å². The minimum Gasteiger partial charge on any atom is -0.550 e. The molecule has 0 radical (unpaired) electrons. The van der Waals surface area contributed by atoms with Crippen LogP contribution in [0.3, 0.4) is 0 Å². The summed E-state index contributed by atoms with van der Waals surface area (Å²) in [6, 6.07) is 0. The molecule has 176 valence electrons. The maximum atomic E-state index is 12.5. The minimum absolute atomic E-state index is 0. The van der Waals surface area contributed by atoms with Crippen LogP contribution >= 0.6 is 0 Å². The first kappa shape index (κ1) is 29.3. The van der Waals surface area contributed by atoms with E-state index >= 15 is 0 Å². The van der Waals surface area contributed by atoms with Crippen LogP contribution in [0.15, 0.2) is 23.8 Å². The average Bonchev–Trinajstić information content (AvgIpc) is 2.65. The van der Waals surface area contributed by atoms with Gasteiger partial charge in [-0.15, -0.1) is 0 Å². The van der Waals surface area contributed by atoms with Crippen molar-refractivity contribution in [2.45, 2.75) is 83.4 Å². The van der Waals surface area contributed by atoms with Crippen molar-refractivity contribution in [3.05, 3.63) is 23.8 Å². The molecule has 0 aromatic carbocycles. The van der Waals surface area contributed by atoms with E-state index in [9.17, 15) is 35.1 Å². The number of hydrogen-bond donors (Lipinski definition) is 4. The zero-order chi connectivity index (χ0) is 23.3. The fourth-order valence-electron chi connectivity index (χ4n) is 4.53. The maximum Gasteiger partial charge on any atom is 1.00 e. The van der Waals surface area contributed by atoms with Crippen molar-refractivity contribution in [1.82, 2.24) is 0 Å². The summed E-state index contributed by atoms with van der Waals surface area (Å²) in [5.74, 6) is -2.57. The van der Waals surface area contributed by atoms with Crippen LogP contribution in [0.5, 0.6) is 0 Å². The van der Waals surface area contributed by atoms with Crippen molar-refractivity contribution in [2.75, 3.05) is 0 Å². The number of fused-ring (bicyclic) bond motifs is 1. The molecule has 0 aromatic heterocycles. The van der Waals surface area contributed by atoms with E-state index in [0.717, 1.165) is 5.57 Å². The fourth-order valence-corrected chi connectivity index (χ4v) is 4.53. The van der Waals surface area contributed by atoms with Crippen molar-refractivity contribution >= 4 is 11.9 Å². The number of esters is 1. The molecule has 2 aliphatic carbocycles. The summed E-state index contributed by atoms with van der Waals surface area (Å²) in [5.41, 5.74) is 0.885. The zero-order valence-corrected chi connectivity index (χ0v) is 21.4. The van der Waals surface area contributed by atoms with Crippen molar-refractivity contribution in [3.8, 4) is 0 Å². The second-order valence-electron chi connectivity index (χ2n) is 9.08. The summed E-state index contributed by atoms with van der Waals surface area (Å²) in [6.07, 6.45) is 2.16. The summed E-state index contributed by atoms with van der Waals surface area (Å²) in [7, 11) is 0. The van der Waals surface area contributed by atoms with E-state index in [4.69, 9.17) is 4.74 Å². The van der Waals surface area contributed by atoms with Crippen molar-refractivity contribution in [2.24, 2.45) is 23.7 Å². The van der Waals surface area contributed by atoms with Crippen LogP contribution in [0, 0.1) is 23.7 Å². The van der Waals surface area contributed by atoms with E-state index in [0.29, 0.717) is 12.8 Å². The van der Waals surface area contributed by atoms with Crippen LogP contribution in [-0.4, -0.2) is 62.9 Å². The van der Waals surface area contributed by atoms with Crippen LogP contribution in [0.4, 0.5) is 0 Å². The Morgan fingerprint density at radius 3 is 2.47 bits per heavy atom. The molecule has 0 fully saturated rings. The van der Waals surface area contributed by atoms with Crippen LogP contribution in [-0.2, 0) is 14.3 Å². The third-order valence-electron chi connectivity index (χ3n) is 6.52. The Balaban J connectivity index is 0.00000512. The maximum absolute atomic E-state index is 12.5. The number of rotatable bonds is 10. The Morgan fingerprint density at radius 2 is 1.88 bits per heavy atom. The van der Waals surface area contributed by atoms with Crippen LogP contribution in [0.1, 0.15) is 52.9 Å². The first-order valence-electron chi connectivity index (χ1n) is 11.0. The summed E-state index contributed by atoms with van der Waals surface area (Å²) in [5, 5.41) is 50.6. The van der Waals surface area contributed by atoms with Gasteiger partial charge in [0.1, 0.15) is 6.10 Å². The van der Waals surface area contributed by atoms with E-state index in [-0.39, 0.29) is 60.2 Å². The Hall–Kier alpha value is -0.740. The molecule has 4 N–H and O–H groups in total. The SMILES string of the molecule is C[C@H](C(=O)O[C@H]1C[C@H](O)C=C2C=C[C@H](C)[C@H](CC[C@@H](O)C[C@@H](O)CC(=O)[O-])[C@H]21)[C@@H](C)O.[Na+]. The molecule has 32 heavy (non-hydrogen) atoms. The molecule has 8 nitrogen and oxygen atoms in total. The normalized spacial score (nSPS) is 30.7. The summed E-state index contributed by atoms with van der Waals surface area (Å²) < 4.78 is 5.74. The predicted molar refractivity (Wildman–Crippen MR) is 110 cm³/mol. The van der Waals surface area contributed by atoms with E-state index in [1.165, 1.54) is 6.92 Å². The number of aliphatic hydroxyl groups is 4. The van der Waals surface area contributed by atoms with Crippen molar-refractivity contribution in [1.29, 1.82) is 0 Å². The molecule has 0 heterocycles. The van der Waals surface area contributed by atoms with Gasteiger partial charge in [0.05, 0.1) is 30.3 Å². The second-order valence-corrected chi connectivity index (χ2v) is 9.08. The fraction of sp³-hybridized carbons (Fsp3) is 0.739. The van der Waals surface area contributed by atoms with Crippen molar-refractivity contribution < 1.29 is 69.4 Å². The number of aliphatic carboxylic acids is 1. The number of carbonyl (C=O) groups is 2. The van der Waals surface area contributed by atoms with Crippen LogP contribution in [0.25, 0.3) is 0 Å². The zero-order valence-electron chi connectivity index (χ0n) is 19.4. The molecule has 0 aromatic rings. The molecule has 9 atom stereocenters. The van der Waals surface area contributed by atoms with E-state index in [1.807, 2.05) is 19.1 Å². The Morgan fingerprint density at radius 1 is 1.22 bits per heavy atom. The van der Waals surface area contributed by atoms with Gasteiger partial charge in [-0.25, -0.2) is 0 Å². The van der Waals surface area contributed by atoms with Gasteiger partial charge in [0.2, 0.25) is 0 Å². The van der Waals surface area contributed by atoms with E-state index < -0.39 is 54.8 Å². The molecular weight excluding hydrogens is 427 g/mol. The molecule has 0 unspecified atom stereocenters. The van der Waals surface area contributed by atoms with E-state index in [2.05, 4.69) is 0 Å². The number of ether oxygens (including phenoxy) is 1. The molecule has 0 spiro atoms. The average molecular weight is 463 g/mol. The molecule has 0 bridgehead atoms. The monoisotopic (exact) mass is 462 g/mol. The predicted octanol–water partition coefficient (Wildman–Crippen LogP) is -2.92. The molecule has 0 saturated carbocycles. The quantitative estimate of drug-likeness (QED) is 0.199. The standard InChI is InChI=1S/C23H36O8.Na/c1-12-4-5-15-8-17(26)10-20(31-23(30)13(2)14(3)24)22(15)19(12)7-6-16(25)9-18(27)11-21(28)29;/h4-5,8,12-14,16-20,22,24-27H,6-7,9-11H2,1-3H3,(H,28,29);/q;+1/p-1/t12-,13-,14+,16+,17+,18+,19-,20-,22-;/m0./s1. The number of carboxylic acids is 1. The molecule has 0 saturated heterocycles. The van der Waals surface area contributed by atoms with E-state index in [1.54, 1.807) is 13.0 Å². The van der Waals surface area contributed by atoms with Crippen LogP contribution < -0.4 is 34.7 Å². The van der Waals surface area contributed by atoms with Gasteiger partial charge in [-0.3, -0.25) is 4.79 Å². The second kappa shape index (κ2) is 13.2. The molecule has 0 amide bonds. The van der Waals surface area contributed by atoms with Gasteiger partial charge >= 0.3 is 35.5 Å². The van der Waals surface area contributed by atoms with Gasteiger partial charge in [-0.05, 0) is 50.5 Å². The van der Waals surface area contributed by atoms with Gasteiger partial charge in [-0.2, -0.15) is 0 Å². The summed E-state index contributed by atoms with van der Waals surface area (Å²) in [4.78, 5) is 23.1. The van der Waals surface area contributed by atoms with Gasteiger partial charge in [-0.1, -0.05) is 25.2 Å². The summed E-state index contributed by atoms with van der Waals surface area (Å²) in [6.45, 7) is 5.16. The Bertz CT molecular complexity index is 691. The Kier molecular flexibility index (Phi) is 12.1. The third kappa shape index (κ3) is 8.24. The first-order valence-corrected chi connectivity index (χ1v) is 11.0. The minimum atomic E-state index is -1.36. The topological polar surface area (TPSA) is 147 Å². The first-order chi connectivity index (χ1) is 14.5. The van der Waals surface area contributed by atoms with Gasteiger partial charge in [0, 0.05) is 24.7 Å². The van der Waals surface area contributed by atoms with Crippen molar-refractivity contribution in [3.63, 3.8) is 0 Å². The number of carboxylic acid groups (broad SMARTS) is 1. The van der Waals surface area contributed by atoms with Gasteiger partial charge in [0.15, 0.2) is 0 Å². The molecular formula is C23H35NaO8. The molecule has 0 aliphatic heterocycles. The van der Waals surface area contributed by atoms with Crippen LogP contribution in [0.2, 0.25) is 0 Å². The Labute approximate surface area is 211 Å². The van der Waals surface area contributed by atoms with Gasteiger partial charge < -0.3 is 35.1 Å². The smallest absolute Gasteiger partial charge is 0.550 e. The number of aliphatic hydroxyl groups excluding tert-OH is 4. The largest absolute Gasteiger partial charge is 1.00 e. The number of hydrogen-bond acceptors (Lipinski definition) is 8. The third-order valence-corrected chi connectivity index (χ3v) is 6.52. The summed E-state index contributed by atoms with van der Waals surface area (Å²) >= 11 is 0. The number of carbonyl (C=O) groups excluding carboxylic acids is 2. The number of allylic oxidation sites excluding steroid dienone is 2.